The molecule has 1 aromatic carbocycles. The Balaban J connectivity index is 0.000000244. The average Bonchev–Trinajstić information content (AvgIpc) is 2.90. The normalized spacial score (nSPS) is 17.9. The monoisotopic (exact) mass is 505 g/mol. The second-order valence-electron chi connectivity index (χ2n) is 10.7. The summed E-state index contributed by atoms with van der Waals surface area (Å²) in [6.45, 7) is 7.32. The third-order valence-corrected chi connectivity index (χ3v) is 7.08. The van der Waals surface area contributed by atoms with Crippen LogP contribution in [0.3, 0.4) is 0 Å². The standard InChI is InChI=1S/C18H22N2O.C7H15N.C5H6N2O/c1-18(2,3)15-7-9-16(10-8-15)20(4)17(13-21)14-6-5-11-19-12-14;1-8-7-5-3-2-4-6-7;6-4-7-2-1-5(7)3-8/h5-13,17H,1-4H3;7-8H,2-6H2,1H3;3,5H,1-2H2. The highest BCUT2D eigenvalue weighted by molar-refractivity contribution is 5.68. The summed E-state index contributed by atoms with van der Waals surface area (Å²) in [5, 5.41) is 11.5. The van der Waals surface area contributed by atoms with Gasteiger partial charge in [-0.05, 0) is 61.1 Å². The summed E-state index contributed by atoms with van der Waals surface area (Å²) in [6.07, 6.45) is 15.1. The van der Waals surface area contributed by atoms with Crippen molar-refractivity contribution in [1.29, 1.82) is 5.26 Å². The van der Waals surface area contributed by atoms with Crippen LogP contribution in [0.1, 0.15) is 76.5 Å². The molecule has 0 radical (unpaired) electrons. The summed E-state index contributed by atoms with van der Waals surface area (Å²) in [5.41, 5.74) is 3.33. The highest BCUT2D eigenvalue weighted by Crippen LogP contribution is 2.28. The molecule has 2 unspecified atom stereocenters. The van der Waals surface area contributed by atoms with E-state index >= 15 is 0 Å². The smallest absolute Gasteiger partial charge is 0.179 e. The minimum Gasteiger partial charge on any atom is -0.361 e. The summed E-state index contributed by atoms with van der Waals surface area (Å²) in [7, 11) is 3.99. The minimum absolute atomic E-state index is 0.111. The van der Waals surface area contributed by atoms with E-state index in [4.69, 9.17) is 5.26 Å². The third kappa shape index (κ3) is 9.29. The number of aromatic nitrogens is 1. The SMILES string of the molecule is CN(c1ccc(C(C)(C)C)cc1)C(C=O)c1cccnc1.CNC1CCCCC1.N#CN1CCC1C=O. The number of carbonyl (C=O) groups excluding carboxylic acids is 2. The van der Waals surface area contributed by atoms with Crippen LogP contribution in [0.4, 0.5) is 5.69 Å². The van der Waals surface area contributed by atoms with E-state index in [2.05, 4.69) is 62.4 Å². The molecule has 7 heteroatoms. The summed E-state index contributed by atoms with van der Waals surface area (Å²) in [4.78, 5) is 29.0. The van der Waals surface area contributed by atoms with Crippen molar-refractivity contribution in [3.8, 4) is 6.19 Å². The number of nitrogens with zero attached hydrogens (tertiary/aromatic N) is 4. The van der Waals surface area contributed by atoms with Gasteiger partial charge in [0.2, 0.25) is 0 Å². The number of likely N-dealkylation sites (N-methyl/N-ethyl adjacent to an activating group) is 1. The van der Waals surface area contributed by atoms with Gasteiger partial charge < -0.3 is 24.7 Å². The molecule has 200 valence electrons. The van der Waals surface area contributed by atoms with Gasteiger partial charge in [-0.2, -0.15) is 5.26 Å². The molecule has 1 aromatic heterocycles. The lowest BCUT2D eigenvalue weighted by atomic mass is 9.87. The van der Waals surface area contributed by atoms with Gasteiger partial charge in [0.05, 0.1) is 6.04 Å². The molecule has 2 atom stereocenters. The zero-order valence-corrected chi connectivity index (χ0v) is 23.1. The number of benzene rings is 1. The predicted octanol–water partition coefficient (Wildman–Crippen LogP) is 5.03. The van der Waals surface area contributed by atoms with Crippen LogP contribution >= 0.6 is 0 Å². The Hall–Kier alpha value is -3.24. The van der Waals surface area contributed by atoms with Crippen LogP contribution in [0.2, 0.25) is 0 Å². The van der Waals surface area contributed by atoms with E-state index in [-0.39, 0.29) is 17.5 Å². The lowest BCUT2D eigenvalue weighted by Crippen LogP contribution is -2.44. The van der Waals surface area contributed by atoms with Crippen LogP contribution in [0.25, 0.3) is 0 Å². The van der Waals surface area contributed by atoms with E-state index in [1.165, 1.54) is 42.6 Å². The first kappa shape index (κ1) is 30.0. The number of nitriles is 1. The predicted molar refractivity (Wildman–Crippen MR) is 149 cm³/mol. The first-order valence-electron chi connectivity index (χ1n) is 13.2. The molecular formula is C30H43N5O2. The molecule has 4 rings (SSSR count). The fraction of sp³-hybridized carbons (Fsp3) is 0.533. The Bertz CT molecular complexity index is 976. The van der Waals surface area contributed by atoms with Gasteiger partial charge in [-0.3, -0.25) is 4.98 Å². The fourth-order valence-electron chi connectivity index (χ4n) is 4.37. The molecule has 1 aliphatic heterocycles. The second kappa shape index (κ2) is 15.1. The number of hydrogen-bond donors (Lipinski definition) is 1. The molecule has 37 heavy (non-hydrogen) atoms. The Kier molecular flexibility index (Phi) is 12.2. The van der Waals surface area contributed by atoms with E-state index in [1.807, 2.05) is 30.3 Å². The average molecular weight is 506 g/mol. The van der Waals surface area contributed by atoms with E-state index < -0.39 is 0 Å². The first-order valence-corrected chi connectivity index (χ1v) is 13.2. The highest BCUT2D eigenvalue weighted by Gasteiger charge is 2.25. The van der Waals surface area contributed by atoms with Crippen LogP contribution < -0.4 is 10.2 Å². The number of likely N-dealkylation sites (tertiary alicyclic amines) is 1. The Morgan fingerprint density at radius 1 is 1.11 bits per heavy atom. The van der Waals surface area contributed by atoms with Crippen LogP contribution in [0.15, 0.2) is 48.8 Å². The van der Waals surface area contributed by atoms with Crippen LogP contribution in [-0.2, 0) is 15.0 Å². The van der Waals surface area contributed by atoms with Gasteiger partial charge in [0.25, 0.3) is 0 Å². The zero-order valence-electron chi connectivity index (χ0n) is 23.1. The fourth-order valence-corrected chi connectivity index (χ4v) is 4.37. The number of rotatable bonds is 6. The highest BCUT2D eigenvalue weighted by atomic mass is 16.1. The van der Waals surface area contributed by atoms with Crippen LogP contribution in [0, 0.1) is 11.5 Å². The van der Waals surface area contributed by atoms with Crippen molar-refractivity contribution in [3.63, 3.8) is 0 Å². The molecule has 2 fully saturated rings. The molecule has 0 spiro atoms. The summed E-state index contributed by atoms with van der Waals surface area (Å²) in [5.74, 6) is 0. The minimum atomic E-state index is -0.320. The lowest BCUT2D eigenvalue weighted by Gasteiger charge is -2.31. The third-order valence-electron chi connectivity index (χ3n) is 7.08. The van der Waals surface area contributed by atoms with E-state index in [0.717, 1.165) is 42.8 Å². The maximum Gasteiger partial charge on any atom is 0.179 e. The zero-order chi connectivity index (χ0) is 27.3. The molecule has 1 saturated heterocycles. The Labute approximate surface area is 222 Å². The summed E-state index contributed by atoms with van der Waals surface area (Å²) < 4.78 is 0. The molecule has 2 aliphatic rings. The largest absolute Gasteiger partial charge is 0.361 e. The molecule has 2 aromatic rings. The van der Waals surface area contributed by atoms with Crippen LogP contribution in [-0.4, -0.2) is 55.2 Å². The molecule has 1 aliphatic carbocycles. The van der Waals surface area contributed by atoms with Crippen molar-refractivity contribution in [2.24, 2.45) is 0 Å². The van der Waals surface area contributed by atoms with Crippen molar-refractivity contribution >= 4 is 18.3 Å². The number of carbonyl (C=O) groups is 2. The number of pyridine rings is 1. The summed E-state index contributed by atoms with van der Waals surface area (Å²) >= 11 is 0. The van der Waals surface area contributed by atoms with E-state index in [1.54, 1.807) is 12.4 Å². The quantitative estimate of drug-likeness (QED) is 0.435. The molecule has 1 saturated carbocycles. The van der Waals surface area contributed by atoms with E-state index in [0.29, 0.717) is 0 Å². The number of hydrogen-bond acceptors (Lipinski definition) is 7. The van der Waals surface area contributed by atoms with Crippen molar-refractivity contribution in [2.75, 3.05) is 25.5 Å². The molecule has 2 heterocycles. The Morgan fingerprint density at radius 2 is 1.78 bits per heavy atom. The van der Waals surface area contributed by atoms with Gasteiger partial charge in [-0.25, -0.2) is 0 Å². The van der Waals surface area contributed by atoms with Gasteiger partial charge in [-0.15, -0.1) is 0 Å². The molecule has 0 bridgehead atoms. The van der Waals surface area contributed by atoms with Gasteiger partial charge in [0.15, 0.2) is 6.19 Å². The number of anilines is 1. The number of aldehydes is 2. The first-order chi connectivity index (χ1) is 17.7. The van der Waals surface area contributed by atoms with Gasteiger partial charge in [0, 0.05) is 37.7 Å². The molecule has 1 N–H and O–H groups in total. The summed E-state index contributed by atoms with van der Waals surface area (Å²) in [6, 6.07) is 12.5. The molecule has 7 nitrogen and oxygen atoms in total. The van der Waals surface area contributed by atoms with Crippen molar-refractivity contribution in [3.05, 3.63) is 59.9 Å². The maximum atomic E-state index is 11.5. The van der Waals surface area contributed by atoms with Crippen molar-refractivity contribution in [2.45, 2.75) is 82.8 Å². The topological polar surface area (TPSA) is 89.3 Å². The number of nitrogens with one attached hydrogen (secondary N) is 1. The van der Waals surface area contributed by atoms with E-state index in [9.17, 15) is 9.59 Å². The molecular weight excluding hydrogens is 462 g/mol. The maximum absolute atomic E-state index is 11.5. The molecule has 0 amide bonds. The van der Waals surface area contributed by atoms with Crippen LogP contribution in [0.5, 0.6) is 0 Å². The van der Waals surface area contributed by atoms with Crippen molar-refractivity contribution in [1.82, 2.24) is 15.2 Å². The second-order valence-corrected chi connectivity index (χ2v) is 10.7. The van der Waals surface area contributed by atoms with Gasteiger partial charge >= 0.3 is 0 Å². The van der Waals surface area contributed by atoms with Crippen molar-refractivity contribution < 1.29 is 9.59 Å². The van der Waals surface area contributed by atoms with Gasteiger partial charge in [0.1, 0.15) is 18.6 Å². The lowest BCUT2D eigenvalue weighted by molar-refractivity contribution is -0.114. The Morgan fingerprint density at radius 3 is 2.16 bits per heavy atom. The van der Waals surface area contributed by atoms with Gasteiger partial charge in [-0.1, -0.05) is 58.2 Å².